The van der Waals surface area contributed by atoms with Crippen molar-refractivity contribution in [2.75, 3.05) is 5.75 Å². The molecule has 0 spiro atoms. The van der Waals surface area contributed by atoms with Crippen molar-refractivity contribution in [3.8, 4) is 5.75 Å². The van der Waals surface area contributed by atoms with Crippen molar-refractivity contribution in [1.29, 1.82) is 0 Å². The largest absolute Gasteiger partial charge is 0.435 e. The number of hydrogen-bond donors (Lipinski definition) is 1. The predicted octanol–water partition coefficient (Wildman–Crippen LogP) is 5.12. The van der Waals surface area contributed by atoms with E-state index in [0.29, 0.717) is 18.7 Å². The predicted molar refractivity (Wildman–Crippen MR) is 139 cm³/mol. The Hall–Kier alpha value is -3.37. The molecule has 1 N–H and O–H groups in total. The van der Waals surface area contributed by atoms with E-state index in [-0.39, 0.29) is 40.8 Å². The van der Waals surface area contributed by atoms with Gasteiger partial charge in [0.2, 0.25) is 0 Å². The number of nitrogens with zero attached hydrogens (tertiary/aromatic N) is 2. The molecule has 38 heavy (non-hydrogen) atoms. The second-order valence-electron chi connectivity index (χ2n) is 9.61. The lowest BCUT2D eigenvalue weighted by atomic mass is 9.99. The third kappa shape index (κ3) is 6.36. The fraction of sp³-hybridized carbons (Fsp3) is 0.357. The van der Waals surface area contributed by atoms with Gasteiger partial charge in [0.15, 0.2) is 9.84 Å². The van der Waals surface area contributed by atoms with Gasteiger partial charge in [-0.25, -0.2) is 8.42 Å². The van der Waals surface area contributed by atoms with Gasteiger partial charge in [0, 0.05) is 25.8 Å². The number of amides is 1. The van der Waals surface area contributed by atoms with Crippen molar-refractivity contribution in [2.45, 2.75) is 58.0 Å². The molecule has 0 fully saturated rings. The fourth-order valence-corrected chi connectivity index (χ4v) is 5.58. The number of nitrogens with one attached hydrogen (secondary N) is 1. The first-order chi connectivity index (χ1) is 18.1. The number of ether oxygens (including phenoxy) is 1. The molecule has 7 nitrogen and oxygen atoms in total. The first kappa shape index (κ1) is 27.7. The standard InChI is InChI=1S/C28H31F2N3O4S/c1-4-38(35,36)24-11-7-19(8-12-24)14-32-27(34)21-13-22-17-33(26(18(2)3)25(22)31-15-21)16-20-5-9-23(10-6-20)37-28(29)30/h5-13,15,18,26,28H,4,14,16-17H2,1-3H3,(H,32,34). The molecule has 3 aromatic rings. The molecule has 0 radical (unpaired) electrons. The van der Waals surface area contributed by atoms with Crippen LogP contribution in [-0.2, 0) is 29.5 Å². The van der Waals surface area contributed by atoms with Crippen LogP contribution in [0.4, 0.5) is 8.78 Å². The van der Waals surface area contributed by atoms with Crippen LogP contribution >= 0.6 is 0 Å². The van der Waals surface area contributed by atoms with Crippen LogP contribution in [-0.4, -0.2) is 36.6 Å². The van der Waals surface area contributed by atoms with Gasteiger partial charge >= 0.3 is 6.61 Å². The smallest absolute Gasteiger partial charge is 0.387 e. The van der Waals surface area contributed by atoms with E-state index in [4.69, 9.17) is 0 Å². The number of rotatable bonds is 10. The first-order valence-corrected chi connectivity index (χ1v) is 14.1. The summed E-state index contributed by atoms with van der Waals surface area (Å²) in [7, 11) is -3.27. The monoisotopic (exact) mass is 543 g/mol. The molecule has 0 saturated heterocycles. The minimum Gasteiger partial charge on any atom is -0.435 e. The lowest BCUT2D eigenvalue weighted by Gasteiger charge is -2.27. The Morgan fingerprint density at radius 3 is 2.37 bits per heavy atom. The van der Waals surface area contributed by atoms with Gasteiger partial charge in [0.1, 0.15) is 5.75 Å². The first-order valence-electron chi connectivity index (χ1n) is 12.4. The van der Waals surface area contributed by atoms with Gasteiger partial charge in [-0.15, -0.1) is 0 Å². The lowest BCUT2D eigenvalue weighted by molar-refractivity contribution is -0.0498. The van der Waals surface area contributed by atoms with Crippen molar-refractivity contribution >= 4 is 15.7 Å². The minimum absolute atomic E-state index is 0.0338. The number of hydrogen-bond acceptors (Lipinski definition) is 6. The van der Waals surface area contributed by atoms with Crippen LogP contribution in [0.15, 0.2) is 65.7 Å². The number of benzene rings is 2. The number of carbonyl (C=O) groups excluding carboxylic acids is 1. The number of fused-ring (bicyclic) bond motifs is 1. The maximum atomic E-state index is 12.9. The minimum atomic E-state index is -3.27. The molecule has 4 rings (SSSR count). The van der Waals surface area contributed by atoms with Crippen LogP contribution < -0.4 is 10.1 Å². The van der Waals surface area contributed by atoms with Crippen molar-refractivity contribution in [1.82, 2.24) is 15.2 Å². The number of halogens is 2. The van der Waals surface area contributed by atoms with Crippen LogP contribution in [0.1, 0.15) is 59.6 Å². The summed E-state index contributed by atoms with van der Waals surface area (Å²) >= 11 is 0. The molecule has 1 aliphatic rings. The Kier molecular flexibility index (Phi) is 8.42. The normalized spacial score (nSPS) is 15.6. The Morgan fingerprint density at radius 1 is 1.11 bits per heavy atom. The molecule has 10 heteroatoms. The summed E-state index contributed by atoms with van der Waals surface area (Å²) < 4.78 is 53.3. The molecule has 0 bridgehead atoms. The summed E-state index contributed by atoms with van der Waals surface area (Å²) in [4.78, 5) is 20.0. The average molecular weight is 544 g/mol. The zero-order valence-electron chi connectivity index (χ0n) is 21.5. The maximum Gasteiger partial charge on any atom is 0.387 e. The maximum absolute atomic E-state index is 12.9. The second kappa shape index (κ2) is 11.6. The number of alkyl halides is 2. The lowest BCUT2D eigenvalue weighted by Crippen LogP contribution is -2.25. The molecule has 1 atom stereocenters. The molecule has 2 aromatic carbocycles. The highest BCUT2D eigenvalue weighted by atomic mass is 32.2. The van der Waals surface area contributed by atoms with Crippen molar-refractivity contribution in [2.24, 2.45) is 5.92 Å². The Bertz CT molecular complexity index is 1380. The summed E-state index contributed by atoms with van der Waals surface area (Å²) in [6, 6.07) is 15.0. The molecule has 1 unspecified atom stereocenters. The van der Waals surface area contributed by atoms with E-state index in [0.717, 1.165) is 22.4 Å². The molecule has 0 aliphatic carbocycles. The molecule has 0 saturated carbocycles. The zero-order chi connectivity index (χ0) is 27.4. The highest BCUT2D eigenvalue weighted by molar-refractivity contribution is 7.91. The van der Waals surface area contributed by atoms with Gasteiger partial charge in [0.25, 0.3) is 5.91 Å². The fourth-order valence-electron chi connectivity index (χ4n) is 4.70. The van der Waals surface area contributed by atoms with E-state index < -0.39 is 16.4 Å². The van der Waals surface area contributed by atoms with Crippen LogP contribution in [0.25, 0.3) is 0 Å². The Morgan fingerprint density at radius 2 is 1.76 bits per heavy atom. The van der Waals surface area contributed by atoms with Gasteiger partial charge in [-0.05, 0) is 52.9 Å². The summed E-state index contributed by atoms with van der Waals surface area (Å²) in [5.41, 5.74) is 4.11. The number of carbonyl (C=O) groups is 1. The Balaban J connectivity index is 1.42. The van der Waals surface area contributed by atoms with E-state index in [1.54, 1.807) is 49.5 Å². The summed E-state index contributed by atoms with van der Waals surface area (Å²) in [5, 5.41) is 2.88. The quantitative estimate of drug-likeness (QED) is 0.382. The van der Waals surface area contributed by atoms with Crippen molar-refractivity contribution in [3.05, 3.63) is 88.7 Å². The van der Waals surface area contributed by atoms with Gasteiger partial charge < -0.3 is 10.1 Å². The highest BCUT2D eigenvalue weighted by Crippen LogP contribution is 2.38. The molecule has 2 heterocycles. The van der Waals surface area contributed by atoms with Crippen LogP contribution in [0.5, 0.6) is 5.75 Å². The van der Waals surface area contributed by atoms with Crippen LogP contribution in [0.3, 0.4) is 0 Å². The number of aromatic nitrogens is 1. The van der Waals surface area contributed by atoms with E-state index in [1.165, 1.54) is 12.1 Å². The molecular formula is C28H31F2N3O4S. The van der Waals surface area contributed by atoms with E-state index in [2.05, 4.69) is 33.8 Å². The SMILES string of the molecule is CCS(=O)(=O)c1ccc(CNC(=O)c2cnc3c(c2)CN(Cc2ccc(OC(F)F)cc2)C3C(C)C)cc1. The van der Waals surface area contributed by atoms with Gasteiger partial charge in [0.05, 0.1) is 27.9 Å². The zero-order valence-corrected chi connectivity index (χ0v) is 22.3. The third-order valence-corrected chi connectivity index (χ3v) is 8.34. The van der Waals surface area contributed by atoms with Crippen LogP contribution in [0.2, 0.25) is 0 Å². The molecule has 202 valence electrons. The summed E-state index contributed by atoms with van der Waals surface area (Å²) in [6.07, 6.45) is 1.58. The van der Waals surface area contributed by atoms with E-state index in [9.17, 15) is 22.0 Å². The van der Waals surface area contributed by atoms with E-state index >= 15 is 0 Å². The third-order valence-electron chi connectivity index (χ3n) is 6.59. The molecule has 1 amide bonds. The average Bonchev–Trinajstić information content (AvgIpc) is 3.25. The molecule has 1 aromatic heterocycles. The summed E-state index contributed by atoms with van der Waals surface area (Å²) in [6.45, 7) is 4.43. The topological polar surface area (TPSA) is 88.6 Å². The number of sulfone groups is 1. The van der Waals surface area contributed by atoms with Gasteiger partial charge in [-0.3, -0.25) is 14.7 Å². The van der Waals surface area contributed by atoms with Gasteiger partial charge in [-0.2, -0.15) is 8.78 Å². The van der Waals surface area contributed by atoms with Gasteiger partial charge in [-0.1, -0.05) is 45.0 Å². The van der Waals surface area contributed by atoms with Crippen molar-refractivity contribution in [3.63, 3.8) is 0 Å². The van der Waals surface area contributed by atoms with Crippen molar-refractivity contribution < 1.29 is 26.7 Å². The summed E-state index contributed by atoms with van der Waals surface area (Å²) in [5.74, 6) is 0.156. The van der Waals surface area contributed by atoms with E-state index in [1.807, 2.05) is 6.07 Å². The highest BCUT2D eigenvalue weighted by Gasteiger charge is 2.34. The van der Waals surface area contributed by atoms with Crippen LogP contribution in [0, 0.1) is 5.92 Å². The second-order valence-corrected chi connectivity index (χ2v) is 11.9. The number of pyridine rings is 1. The molecular weight excluding hydrogens is 512 g/mol. The Labute approximate surface area is 221 Å². The molecule has 1 aliphatic heterocycles.